The summed E-state index contributed by atoms with van der Waals surface area (Å²) in [4.78, 5) is 39.2. The van der Waals surface area contributed by atoms with Crippen LogP contribution in [0.2, 0.25) is 10.0 Å². The Bertz CT molecular complexity index is 1580. The minimum Gasteiger partial charge on any atom is -0.486 e. The smallest absolute Gasteiger partial charge is 0.335 e. The van der Waals surface area contributed by atoms with Gasteiger partial charge in [-0.15, -0.1) is 0 Å². The first-order chi connectivity index (χ1) is 18.4. The number of carbonyl (C=O) groups is 3. The molecular weight excluding hydrogens is 523 g/mol. The van der Waals surface area contributed by atoms with E-state index in [4.69, 9.17) is 27.9 Å². The maximum atomic E-state index is 13.2. The highest BCUT2D eigenvalue weighted by atomic mass is 35.5. The van der Waals surface area contributed by atoms with Crippen LogP contribution in [0.25, 0.3) is 16.8 Å². The number of anilines is 1. The zero-order valence-corrected chi connectivity index (χ0v) is 21.8. The van der Waals surface area contributed by atoms with Crippen LogP contribution in [0.3, 0.4) is 0 Å². The van der Waals surface area contributed by atoms with Gasteiger partial charge in [-0.25, -0.2) is 9.69 Å². The van der Waals surface area contributed by atoms with Crippen LogP contribution in [0, 0.1) is 0 Å². The van der Waals surface area contributed by atoms with Gasteiger partial charge in [0.05, 0.1) is 15.7 Å². The average molecular weight is 545 g/mol. The Kier molecular flexibility index (Phi) is 7.18. The van der Waals surface area contributed by atoms with Crippen molar-refractivity contribution >= 4 is 63.6 Å². The number of aryl methyl sites for hydroxylation is 1. The van der Waals surface area contributed by atoms with E-state index in [0.717, 1.165) is 33.2 Å². The molecule has 5 rings (SSSR count). The van der Waals surface area contributed by atoms with Crippen LogP contribution in [-0.2, 0) is 22.6 Å². The molecule has 38 heavy (non-hydrogen) atoms. The Morgan fingerprint density at radius 2 is 1.58 bits per heavy atom. The van der Waals surface area contributed by atoms with Gasteiger partial charge in [-0.1, -0.05) is 84.7 Å². The molecule has 1 saturated heterocycles. The van der Waals surface area contributed by atoms with Gasteiger partial charge in [0.25, 0.3) is 11.8 Å². The molecule has 4 amide bonds. The van der Waals surface area contributed by atoms with Crippen molar-refractivity contribution in [3.63, 3.8) is 0 Å². The first-order valence-electron chi connectivity index (χ1n) is 11.9. The second-order valence-corrected chi connectivity index (χ2v) is 9.53. The Morgan fingerprint density at radius 1 is 0.895 bits per heavy atom. The fourth-order valence-corrected chi connectivity index (χ4v) is 4.92. The van der Waals surface area contributed by atoms with Crippen molar-refractivity contribution < 1.29 is 19.1 Å². The van der Waals surface area contributed by atoms with E-state index in [1.54, 1.807) is 24.3 Å². The summed E-state index contributed by atoms with van der Waals surface area (Å²) in [6.07, 6.45) is 2.16. The van der Waals surface area contributed by atoms with Gasteiger partial charge in [0, 0.05) is 0 Å². The lowest BCUT2D eigenvalue weighted by Crippen LogP contribution is -2.54. The molecule has 6 nitrogen and oxygen atoms in total. The van der Waals surface area contributed by atoms with Gasteiger partial charge in [0.15, 0.2) is 5.75 Å². The topological polar surface area (TPSA) is 75.7 Å². The summed E-state index contributed by atoms with van der Waals surface area (Å²) < 4.78 is 5.97. The monoisotopic (exact) mass is 544 g/mol. The SMILES string of the molecule is CCc1ccc(N2C(=O)NC(=O)/C(=C/c3cc(Cl)c(OCc4cccc5ccccc45)c(Cl)c3)C2=O)cc1. The summed E-state index contributed by atoms with van der Waals surface area (Å²) in [5.74, 6) is -1.26. The predicted molar refractivity (Wildman–Crippen MR) is 150 cm³/mol. The molecule has 0 atom stereocenters. The van der Waals surface area contributed by atoms with Crippen LogP contribution in [0.1, 0.15) is 23.6 Å². The third-order valence-electron chi connectivity index (χ3n) is 6.29. The van der Waals surface area contributed by atoms with Crippen LogP contribution in [0.4, 0.5) is 10.5 Å². The van der Waals surface area contributed by atoms with Crippen molar-refractivity contribution in [3.05, 3.63) is 111 Å². The maximum Gasteiger partial charge on any atom is 0.335 e. The van der Waals surface area contributed by atoms with E-state index in [9.17, 15) is 14.4 Å². The molecule has 0 saturated carbocycles. The number of hydrogen-bond donors (Lipinski definition) is 1. The fourth-order valence-electron chi connectivity index (χ4n) is 4.31. The number of fused-ring (bicyclic) bond motifs is 1. The number of carbonyl (C=O) groups excluding carboxylic acids is 3. The van der Waals surface area contributed by atoms with E-state index < -0.39 is 17.8 Å². The second kappa shape index (κ2) is 10.7. The van der Waals surface area contributed by atoms with E-state index in [1.165, 1.54) is 6.08 Å². The minimum absolute atomic E-state index is 0.219. The van der Waals surface area contributed by atoms with Gasteiger partial charge in [-0.05, 0) is 64.2 Å². The third-order valence-corrected chi connectivity index (χ3v) is 6.85. The molecule has 0 radical (unpaired) electrons. The molecule has 0 bridgehead atoms. The van der Waals surface area contributed by atoms with Crippen molar-refractivity contribution in [2.45, 2.75) is 20.0 Å². The van der Waals surface area contributed by atoms with Crippen LogP contribution < -0.4 is 15.0 Å². The predicted octanol–water partition coefficient (Wildman–Crippen LogP) is 6.95. The lowest BCUT2D eigenvalue weighted by Gasteiger charge is -2.26. The summed E-state index contributed by atoms with van der Waals surface area (Å²) in [6.45, 7) is 2.25. The molecule has 1 N–H and O–H groups in total. The molecule has 1 aliphatic rings. The van der Waals surface area contributed by atoms with Gasteiger partial charge in [-0.2, -0.15) is 0 Å². The molecule has 1 fully saturated rings. The largest absolute Gasteiger partial charge is 0.486 e. The van der Waals surface area contributed by atoms with Gasteiger partial charge >= 0.3 is 6.03 Å². The second-order valence-electron chi connectivity index (χ2n) is 8.72. The van der Waals surface area contributed by atoms with Crippen molar-refractivity contribution in [1.29, 1.82) is 0 Å². The summed E-state index contributed by atoms with van der Waals surface area (Å²) in [5.41, 5.74) is 2.57. The Labute approximate surface area is 229 Å². The van der Waals surface area contributed by atoms with Gasteiger partial charge < -0.3 is 4.74 Å². The molecule has 8 heteroatoms. The first-order valence-corrected chi connectivity index (χ1v) is 12.7. The number of imide groups is 2. The fraction of sp³-hybridized carbons (Fsp3) is 0.100. The number of halogens is 2. The van der Waals surface area contributed by atoms with E-state index >= 15 is 0 Å². The normalized spacial score (nSPS) is 14.8. The number of nitrogens with zero attached hydrogens (tertiary/aromatic N) is 1. The average Bonchev–Trinajstić information content (AvgIpc) is 2.91. The minimum atomic E-state index is -0.811. The highest BCUT2D eigenvalue weighted by Gasteiger charge is 2.36. The summed E-state index contributed by atoms with van der Waals surface area (Å²) >= 11 is 13.0. The summed E-state index contributed by atoms with van der Waals surface area (Å²) in [5, 5.41) is 4.82. The molecule has 190 valence electrons. The number of hydrogen-bond acceptors (Lipinski definition) is 4. The molecule has 1 aliphatic heterocycles. The number of nitrogens with one attached hydrogen (secondary N) is 1. The van der Waals surface area contributed by atoms with E-state index in [-0.39, 0.29) is 28.0 Å². The van der Waals surface area contributed by atoms with Gasteiger partial charge in [0.1, 0.15) is 12.2 Å². The first kappa shape index (κ1) is 25.5. The molecule has 0 spiro atoms. The van der Waals surface area contributed by atoms with Crippen molar-refractivity contribution in [3.8, 4) is 5.75 Å². The number of barbiturate groups is 1. The number of rotatable bonds is 6. The summed E-state index contributed by atoms with van der Waals surface area (Å²) in [7, 11) is 0. The highest BCUT2D eigenvalue weighted by Crippen LogP contribution is 2.36. The van der Waals surface area contributed by atoms with Crippen molar-refractivity contribution in [1.82, 2.24) is 5.32 Å². The zero-order chi connectivity index (χ0) is 26.8. The van der Waals surface area contributed by atoms with Crippen LogP contribution in [0.5, 0.6) is 5.75 Å². The molecule has 0 unspecified atom stereocenters. The molecule has 1 heterocycles. The van der Waals surface area contributed by atoms with Crippen molar-refractivity contribution in [2.24, 2.45) is 0 Å². The lowest BCUT2D eigenvalue weighted by molar-refractivity contribution is -0.122. The van der Waals surface area contributed by atoms with Gasteiger partial charge in [0.2, 0.25) is 0 Å². The van der Waals surface area contributed by atoms with Gasteiger partial charge in [-0.3, -0.25) is 14.9 Å². The molecular formula is C30H22Cl2N2O4. The molecule has 4 aromatic carbocycles. The Balaban J connectivity index is 1.41. The maximum absolute atomic E-state index is 13.2. The third kappa shape index (κ3) is 5.01. The summed E-state index contributed by atoms with van der Waals surface area (Å²) in [6, 6.07) is 23.2. The number of ether oxygens (including phenoxy) is 1. The number of urea groups is 1. The highest BCUT2D eigenvalue weighted by molar-refractivity contribution is 6.40. The number of benzene rings is 4. The van der Waals surface area contributed by atoms with E-state index in [2.05, 4.69) is 5.32 Å². The Hall–Kier alpha value is -4.13. The number of amides is 4. The Morgan fingerprint density at radius 3 is 2.29 bits per heavy atom. The lowest BCUT2D eigenvalue weighted by atomic mass is 10.1. The van der Waals surface area contributed by atoms with Crippen LogP contribution >= 0.6 is 23.2 Å². The van der Waals surface area contributed by atoms with Crippen LogP contribution in [0.15, 0.2) is 84.4 Å². The van der Waals surface area contributed by atoms with E-state index in [1.807, 2.05) is 61.5 Å². The molecule has 0 aromatic heterocycles. The quantitative estimate of drug-likeness (QED) is 0.210. The zero-order valence-electron chi connectivity index (χ0n) is 20.3. The molecule has 0 aliphatic carbocycles. The van der Waals surface area contributed by atoms with E-state index in [0.29, 0.717) is 11.3 Å². The standard InChI is InChI=1S/C30H22Cl2N2O4/c1-2-18-10-12-22(13-11-18)34-29(36)24(28(35)33-30(34)37)14-19-15-25(31)27(26(32)16-19)38-17-21-8-5-7-20-6-3-4-9-23(20)21/h3-16H,2,17H2,1H3,(H,33,35,37)/b24-14-. The van der Waals surface area contributed by atoms with Crippen molar-refractivity contribution in [2.75, 3.05) is 4.90 Å². The molecule has 4 aromatic rings. The van der Waals surface area contributed by atoms with Crippen LogP contribution in [-0.4, -0.2) is 17.8 Å².